The third kappa shape index (κ3) is 12.8. The van der Waals surface area contributed by atoms with E-state index in [-0.39, 0.29) is 34.7 Å². The Kier molecular flexibility index (Phi) is 22.0. The maximum absolute atomic E-state index is 12.9. The standard InChI is InChI=1S/C62H102O32/c1-21-8-11-62(82-19-21)22(2)36-31(94-62)13-27-25-7-6-24-12-30(28(67)14-61(24,5)26(25)9-10-60(27,36)4)84-58-52(92-55-45(77)42(74)37(69)23(3)83-55)47(79)49(35(18-66)88-58)89-59-53(51(41(73)34(17-65)87-59)91-54-44(76)38(70)29(68)20-81-54)93-57-48(80)50(40(72)33(16-64)86-57)90-56-46(78)43(75)39(71)32(15-63)85-56/h21-59,63-80H,6-20H2,1-5H3/t21?,22-,23-,24-,25+,26-,27-,28+,29+,30+,31-,32+,33+,34+,35+,36-,37-,38-,39+,40-,41+,42+,43-,44+,45+,46+,47-,48+,49-,50-,51-,52+,53+,54-,55-,56-,57-,58+,59-,60-,61-,62+/m0/s1. The third-order valence-electron chi connectivity index (χ3n) is 24.2. The average molecular weight is 1360 g/mol. The van der Waals surface area contributed by atoms with E-state index in [9.17, 15) is 91.9 Å². The maximum atomic E-state index is 12.9. The van der Waals surface area contributed by atoms with Crippen molar-refractivity contribution in [1.29, 1.82) is 0 Å². The van der Waals surface area contributed by atoms with Crippen molar-refractivity contribution < 1.29 is 158 Å². The van der Waals surface area contributed by atoms with Gasteiger partial charge in [0.05, 0.1) is 64.1 Å². The van der Waals surface area contributed by atoms with Crippen molar-refractivity contribution in [3.05, 3.63) is 0 Å². The van der Waals surface area contributed by atoms with Gasteiger partial charge in [0, 0.05) is 12.3 Å². The molecule has 12 aliphatic rings. The number of fused-ring (bicyclic) bond motifs is 7. The van der Waals surface area contributed by atoms with Gasteiger partial charge in [-0.05, 0) is 105 Å². The lowest BCUT2D eigenvalue weighted by atomic mass is 9.44. The van der Waals surface area contributed by atoms with Crippen molar-refractivity contribution in [2.45, 2.75) is 295 Å². The SMILES string of the molecule is CC1CC[C@@]2(OC1)O[C@H]1C[C@H]3[C@@H]4CC[C@H]5C[C@@H](O[C@@H]6O[C@H](CO)[C@H](O[C@@H]7O[C@H](CO)[C@@H](O)[C@H](O[C@@H]8OC[C@@H](O)[C@H](O)[C@H]8O)[C@H]7O[C@@H]7O[C@H](CO)[C@H](O)[C@H](O[C@@H]8O[C@H](CO)[C@@H](O)[C@H](O)[C@H]8O)[C@H]7O)[C@H](O)[C@H]6O[C@@H]6O[C@@H](C)[C@H](O)[C@@H](O)[C@H]6O)[C@H](O)C[C@]5(C)[C@H]4CC[C@]3(C)[C@H]1[C@@H]2C. The normalized spacial score (nSPS) is 57.8. The van der Waals surface area contributed by atoms with E-state index < -0.39 is 229 Å². The molecule has 12 rings (SSSR count). The first kappa shape index (κ1) is 72.5. The number of rotatable bonds is 16. The fourth-order valence-electron chi connectivity index (χ4n) is 18.8. The predicted molar refractivity (Wildman–Crippen MR) is 307 cm³/mol. The van der Waals surface area contributed by atoms with Crippen LogP contribution in [0.1, 0.15) is 92.4 Å². The fourth-order valence-corrected chi connectivity index (χ4v) is 18.8. The van der Waals surface area contributed by atoms with Crippen LogP contribution in [0, 0.1) is 52.3 Å². The summed E-state index contributed by atoms with van der Waals surface area (Å²) in [6.45, 7) is 6.75. The summed E-state index contributed by atoms with van der Waals surface area (Å²) in [5.74, 6) is 1.65. The molecule has 42 atom stereocenters. The monoisotopic (exact) mass is 1360 g/mol. The molecule has 18 N–H and O–H groups in total. The molecule has 32 nitrogen and oxygen atoms in total. The number of hydrogen-bond acceptors (Lipinski definition) is 32. The molecular formula is C62H102O32. The Morgan fingerprint density at radius 1 is 0.415 bits per heavy atom. The number of aliphatic hydroxyl groups excluding tert-OH is 18. The van der Waals surface area contributed by atoms with Crippen LogP contribution < -0.4 is 0 Å². The third-order valence-corrected chi connectivity index (χ3v) is 24.2. The van der Waals surface area contributed by atoms with Gasteiger partial charge in [-0.15, -0.1) is 0 Å². The average Bonchev–Trinajstić information content (AvgIpc) is 1.46. The highest BCUT2D eigenvalue weighted by Gasteiger charge is 2.70. The maximum Gasteiger partial charge on any atom is 0.187 e. The molecule has 0 aromatic heterocycles. The van der Waals surface area contributed by atoms with Crippen LogP contribution in [0.2, 0.25) is 0 Å². The summed E-state index contributed by atoms with van der Waals surface area (Å²) in [4.78, 5) is 0. The molecular weight excluding hydrogens is 1260 g/mol. The van der Waals surface area contributed by atoms with Crippen LogP contribution >= 0.6 is 0 Å². The van der Waals surface area contributed by atoms with Gasteiger partial charge in [-0.25, -0.2) is 0 Å². The quantitative estimate of drug-likeness (QED) is 0.0639. The van der Waals surface area contributed by atoms with Gasteiger partial charge < -0.3 is 158 Å². The second-order valence-corrected chi connectivity index (χ2v) is 29.6. The molecule has 542 valence electrons. The minimum atomic E-state index is -2.27. The molecule has 8 saturated heterocycles. The fraction of sp³-hybridized carbons (Fsp3) is 1.00. The van der Waals surface area contributed by atoms with Crippen LogP contribution in [0.4, 0.5) is 0 Å². The van der Waals surface area contributed by atoms with Crippen molar-refractivity contribution in [2.24, 2.45) is 52.3 Å². The summed E-state index contributed by atoms with van der Waals surface area (Å²) in [6.07, 6.45) is -49.8. The molecule has 8 aliphatic heterocycles. The first-order valence-electron chi connectivity index (χ1n) is 33.7. The van der Waals surface area contributed by atoms with Crippen molar-refractivity contribution in [3.8, 4) is 0 Å². The van der Waals surface area contributed by atoms with Gasteiger partial charge in [0.15, 0.2) is 43.5 Å². The Bertz CT molecular complexity index is 2490. The molecule has 12 fully saturated rings. The summed E-state index contributed by atoms with van der Waals surface area (Å²) in [6, 6.07) is 0. The molecule has 0 bridgehead atoms. The lowest BCUT2D eigenvalue weighted by Crippen LogP contribution is -2.69. The van der Waals surface area contributed by atoms with E-state index in [1.165, 1.54) is 6.92 Å². The van der Waals surface area contributed by atoms with E-state index in [4.69, 9.17) is 66.3 Å². The zero-order valence-corrected chi connectivity index (χ0v) is 53.4. The van der Waals surface area contributed by atoms with Gasteiger partial charge >= 0.3 is 0 Å². The van der Waals surface area contributed by atoms with Gasteiger partial charge in [-0.2, -0.15) is 0 Å². The van der Waals surface area contributed by atoms with Gasteiger partial charge in [0.25, 0.3) is 0 Å². The predicted octanol–water partition coefficient (Wildman–Crippen LogP) is -6.62. The second kappa shape index (κ2) is 28.5. The van der Waals surface area contributed by atoms with E-state index in [2.05, 4.69) is 27.7 Å². The van der Waals surface area contributed by atoms with Gasteiger partial charge in [-0.3, -0.25) is 0 Å². The van der Waals surface area contributed by atoms with E-state index in [0.717, 1.165) is 44.9 Å². The Morgan fingerprint density at radius 3 is 1.63 bits per heavy atom. The van der Waals surface area contributed by atoms with Crippen molar-refractivity contribution in [3.63, 3.8) is 0 Å². The van der Waals surface area contributed by atoms with E-state index in [0.29, 0.717) is 43.1 Å². The lowest BCUT2D eigenvalue weighted by molar-refractivity contribution is -0.415. The van der Waals surface area contributed by atoms with Crippen LogP contribution in [-0.2, 0) is 66.3 Å². The topological polar surface area (TPSA) is 493 Å². The van der Waals surface area contributed by atoms with Crippen LogP contribution in [0.15, 0.2) is 0 Å². The Labute approximate surface area is 543 Å². The number of hydrogen-bond donors (Lipinski definition) is 18. The first-order valence-corrected chi connectivity index (χ1v) is 33.7. The minimum Gasteiger partial charge on any atom is -0.394 e. The summed E-state index contributed by atoms with van der Waals surface area (Å²) >= 11 is 0. The minimum absolute atomic E-state index is 0.0399. The molecule has 4 aliphatic carbocycles. The van der Waals surface area contributed by atoms with E-state index in [1.54, 1.807) is 0 Å². The molecule has 8 heterocycles. The lowest BCUT2D eigenvalue weighted by Gasteiger charge is -2.62. The number of ether oxygens (including phenoxy) is 14. The molecule has 0 aromatic carbocycles. The summed E-state index contributed by atoms with van der Waals surface area (Å²) in [7, 11) is 0. The molecule has 4 saturated carbocycles. The number of aliphatic hydroxyl groups is 18. The summed E-state index contributed by atoms with van der Waals surface area (Å²) in [5.41, 5.74) is -0.276. The Balaban J connectivity index is 0.814. The van der Waals surface area contributed by atoms with E-state index >= 15 is 0 Å². The molecule has 0 aromatic rings. The zero-order valence-electron chi connectivity index (χ0n) is 53.4. The van der Waals surface area contributed by atoms with Crippen molar-refractivity contribution in [1.82, 2.24) is 0 Å². The Morgan fingerprint density at radius 2 is 0.968 bits per heavy atom. The summed E-state index contributed by atoms with van der Waals surface area (Å²) < 4.78 is 86.7. The van der Waals surface area contributed by atoms with Gasteiger partial charge in [0.2, 0.25) is 0 Å². The second-order valence-electron chi connectivity index (χ2n) is 29.6. The first-order chi connectivity index (χ1) is 44.6. The van der Waals surface area contributed by atoms with Crippen LogP contribution in [0.25, 0.3) is 0 Å². The van der Waals surface area contributed by atoms with Crippen molar-refractivity contribution in [2.75, 3.05) is 39.6 Å². The molecule has 0 radical (unpaired) electrons. The molecule has 94 heavy (non-hydrogen) atoms. The largest absolute Gasteiger partial charge is 0.394 e. The van der Waals surface area contributed by atoms with Crippen LogP contribution in [0.5, 0.6) is 0 Å². The van der Waals surface area contributed by atoms with Crippen LogP contribution in [0.3, 0.4) is 0 Å². The van der Waals surface area contributed by atoms with E-state index in [1.807, 2.05) is 0 Å². The highest BCUT2D eigenvalue weighted by molar-refractivity contribution is 5.16. The van der Waals surface area contributed by atoms with Gasteiger partial charge in [0.1, 0.15) is 134 Å². The zero-order chi connectivity index (χ0) is 67.5. The smallest absolute Gasteiger partial charge is 0.187 e. The van der Waals surface area contributed by atoms with Crippen LogP contribution in [-0.4, -0.2) is 334 Å². The van der Waals surface area contributed by atoms with Crippen molar-refractivity contribution >= 4 is 0 Å². The molecule has 32 heteroatoms. The summed E-state index contributed by atoms with van der Waals surface area (Å²) in [5, 5.41) is 200. The highest BCUT2D eigenvalue weighted by Crippen LogP contribution is 2.71. The highest BCUT2D eigenvalue weighted by atomic mass is 16.8. The molecule has 1 spiro atoms. The molecule has 1 unspecified atom stereocenters. The van der Waals surface area contributed by atoms with Gasteiger partial charge in [-0.1, -0.05) is 27.7 Å². The Hall–Kier alpha value is -1.28. The molecule has 0 amide bonds.